The first-order valence-corrected chi connectivity index (χ1v) is 8.51. The molecule has 2 aromatic rings. The number of hydrogen-bond acceptors (Lipinski definition) is 3. The van der Waals surface area contributed by atoms with Gasteiger partial charge in [-0.25, -0.2) is 0 Å². The van der Waals surface area contributed by atoms with Gasteiger partial charge in [0.05, 0.1) is 0 Å². The highest BCUT2D eigenvalue weighted by atomic mass is 16.2. The van der Waals surface area contributed by atoms with Gasteiger partial charge in [-0.1, -0.05) is 30.3 Å². The molecule has 0 aromatic heterocycles. The smallest absolute Gasteiger partial charge is 0.272 e. The Morgan fingerprint density at radius 3 is 2.19 bits per heavy atom. The number of amides is 3. The van der Waals surface area contributed by atoms with Gasteiger partial charge in [-0.3, -0.25) is 14.4 Å². The topological polar surface area (TPSA) is 87.3 Å². The van der Waals surface area contributed by atoms with Gasteiger partial charge < -0.3 is 16.0 Å². The van der Waals surface area contributed by atoms with Crippen molar-refractivity contribution >= 4 is 35.2 Å². The quantitative estimate of drug-likeness (QED) is 0.710. The maximum absolute atomic E-state index is 12.7. The van der Waals surface area contributed by atoms with Crippen molar-refractivity contribution < 1.29 is 14.4 Å². The van der Waals surface area contributed by atoms with E-state index in [4.69, 9.17) is 0 Å². The van der Waals surface area contributed by atoms with E-state index in [0.717, 1.165) is 16.7 Å². The first-order valence-electron chi connectivity index (χ1n) is 8.51. The molecular weight excluding hydrogens is 342 g/mol. The SMILES string of the molecule is CC(=O)N/C(=C\c1ccccc1C)C(=O)Nc1ccc(C)c(NC(C)=O)c1. The third-order valence-electron chi connectivity index (χ3n) is 3.85. The predicted molar refractivity (Wildman–Crippen MR) is 107 cm³/mol. The first-order chi connectivity index (χ1) is 12.8. The molecule has 0 atom stereocenters. The molecule has 2 aromatic carbocycles. The fraction of sp³-hybridized carbons (Fsp3) is 0.190. The molecule has 140 valence electrons. The molecule has 0 heterocycles. The van der Waals surface area contributed by atoms with Gasteiger partial charge in [0.1, 0.15) is 5.70 Å². The Kier molecular flexibility index (Phi) is 6.49. The number of rotatable bonds is 5. The number of benzene rings is 2. The predicted octanol–water partition coefficient (Wildman–Crippen LogP) is 3.38. The highest BCUT2D eigenvalue weighted by Gasteiger charge is 2.13. The van der Waals surface area contributed by atoms with E-state index >= 15 is 0 Å². The van der Waals surface area contributed by atoms with Gasteiger partial charge in [0, 0.05) is 25.2 Å². The van der Waals surface area contributed by atoms with E-state index in [0.29, 0.717) is 11.4 Å². The number of hydrogen-bond donors (Lipinski definition) is 3. The minimum atomic E-state index is -0.453. The van der Waals surface area contributed by atoms with Gasteiger partial charge in [-0.15, -0.1) is 0 Å². The molecule has 0 spiro atoms. The van der Waals surface area contributed by atoms with Crippen molar-refractivity contribution in [2.45, 2.75) is 27.7 Å². The largest absolute Gasteiger partial charge is 0.326 e. The number of nitrogens with one attached hydrogen (secondary N) is 3. The van der Waals surface area contributed by atoms with Crippen molar-refractivity contribution in [1.82, 2.24) is 5.32 Å². The number of carbonyl (C=O) groups excluding carboxylic acids is 3. The second kappa shape index (κ2) is 8.80. The van der Waals surface area contributed by atoms with Crippen LogP contribution in [0.2, 0.25) is 0 Å². The molecule has 6 nitrogen and oxygen atoms in total. The molecule has 0 aliphatic heterocycles. The highest BCUT2D eigenvalue weighted by Crippen LogP contribution is 2.21. The van der Waals surface area contributed by atoms with Crippen LogP contribution in [-0.2, 0) is 14.4 Å². The van der Waals surface area contributed by atoms with Crippen LogP contribution in [-0.4, -0.2) is 17.7 Å². The molecule has 6 heteroatoms. The van der Waals surface area contributed by atoms with Crippen LogP contribution in [0.5, 0.6) is 0 Å². The number of aryl methyl sites for hydroxylation is 2. The van der Waals surface area contributed by atoms with Crippen molar-refractivity contribution in [3.8, 4) is 0 Å². The zero-order valence-corrected chi connectivity index (χ0v) is 15.8. The molecular formula is C21H23N3O3. The summed E-state index contributed by atoms with van der Waals surface area (Å²) < 4.78 is 0. The zero-order chi connectivity index (χ0) is 20.0. The summed E-state index contributed by atoms with van der Waals surface area (Å²) in [6.45, 7) is 6.55. The van der Waals surface area contributed by atoms with Crippen LogP contribution in [0.15, 0.2) is 48.2 Å². The third kappa shape index (κ3) is 5.81. The summed E-state index contributed by atoms with van der Waals surface area (Å²) in [5.74, 6) is -0.987. The Balaban J connectivity index is 2.30. The molecule has 3 amide bonds. The van der Waals surface area contributed by atoms with E-state index < -0.39 is 5.91 Å². The minimum absolute atomic E-state index is 0.137. The molecule has 0 fully saturated rings. The van der Waals surface area contributed by atoms with Gasteiger partial charge in [-0.05, 0) is 48.7 Å². The maximum atomic E-state index is 12.7. The average molecular weight is 365 g/mol. The van der Waals surface area contributed by atoms with E-state index in [9.17, 15) is 14.4 Å². The molecule has 0 aliphatic carbocycles. The summed E-state index contributed by atoms with van der Waals surface area (Å²) in [6.07, 6.45) is 1.63. The van der Waals surface area contributed by atoms with Gasteiger partial charge in [-0.2, -0.15) is 0 Å². The number of carbonyl (C=O) groups is 3. The summed E-state index contributed by atoms with van der Waals surface area (Å²) in [5.41, 5.74) is 3.95. The Morgan fingerprint density at radius 2 is 1.56 bits per heavy atom. The van der Waals surface area contributed by atoms with Crippen molar-refractivity contribution in [3.05, 3.63) is 64.9 Å². The van der Waals surface area contributed by atoms with E-state index in [1.165, 1.54) is 13.8 Å². The Morgan fingerprint density at radius 1 is 0.852 bits per heavy atom. The molecule has 0 bridgehead atoms. The molecule has 0 unspecified atom stereocenters. The lowest BCUT2D eigenvalue weighted by Gasteiger charge is -2.13. The Hall–Kier alpha value is -3.41. The molecule has 3 N–H and O–H groups in total. The fourth-order valence-corrected chi connectivity index (χ4v) is 2.47. The summed E-state index contributed by atoms with van der Waals surface area (Å²) in [5, 5.41) is 8.05. The lowest BCUT2D eigenvalue weighted by molar-refractivity contribution is -0.120. The average Bonchev–Trinajstić information content (AvgIpc) is 2.58. The first kappa shape index (κ1) is 19.9. The second-order valence-electron chi connectivity index (χ2n) is 6.26. The molecule has 2 rings (SSSR count). The summed E-state index contributed by atoms with van der Waals surface area (Å²) >= 11 is 0. The van der Waals surface area contributed by atoms with E-state index in [2.05, 4.69) is 16.0 Å². The summed E-state index contributed by atoms with van der Waals surface area (Å²) in [7, 11) is 0. The van der Waals surface area contributed by atoms with Gasteiger partial charge in [0.15, 0.2) is 0 Å². The molecule has 0 aliphatic rings. The Bertz CT molecular complexity index is 917. The zero-order valence-electron chi connectivity index (χ0n) is 15.8. The summed E-state index contributed by atoms with van der Waals surface area (Å²) in [4.78, 5) is 35.5. The van der Waals surface area contributed by atoms with Crippen LogP contribution < -0.4 is 16.0 Å². The van der Waals surface area contributed by atoms with Gasteiger partial charge >= 0.3 is 0 Å². The third-order valence-corrected chi connectivity index (χ3v) is 3.85. The number of anilines is 2. The van der Waals surface area contributed by atoms with Crippen molar-refractivity contribution in [2.75, 3.05) is 10.6 Å². The van der Waals surface area contributed by atoms with E-state index in [-0.39, 0.29) is 17.5 Å². The van der Waals surface area contributed by atoms with Gasteiger partial charge in [0.2, 0.25) is 11.8 Å². The van der Waals surface area contributed by atoms with Crippen LogP contribution >= 0.6 is 0 Å². The van der Waals surface area contributed by atoms with E-state index in [1.807, 2.05) is 38.1 Å². The fourth-order valence-electron chi connectivity index (χ4n) is 2.47. The lowest BCUT2D eigenvalue weighted by atomic mass is 10.1. The summed E-state index contributed by atoms with van der Waals surface area (Å²) in [6, 6.07) is 12.8. The van der Waals surface area contributed by atoms with Crippen molar-refractivity contribution in [3.63, 3.8) is 0 Å². The Labute approximate surface area is 158 Å². The molecule has 27 heavy (non-hydrogen) atoms. The highest BCUT2D eigenvalue weighted by molar-refractivity contribution is 6.08. The van der Waals surface area contributed by atoms with Crippen molar-refractivity contribution in [1.29, 1.82) is 0 Å². The van der Waals surface area contributed by atoms with Crippen LogP contribution in [0.1, 0.15) is 30.5 Å². The van der Waals surface area contributed by atoms with Crippen LogP contribution in [0.25, 0.3) is 6.08 Å². The minimum Gasteiger partial charge on any atom is -0.326 e. The molecule has 0 saturated carbocycles. The standard InChI is InChI=1S/C21H23N3O3/c1-13-7-5-6-8-17(13)11-20(23-16(4)26)21(27)24-18-10-9-14(2)19(12-18)22-15(3)25/h5-12H,1-4H3,(H,22,25)(H,23,26)(H,24,27)/b20-11-. The molecule has 0 radical (unpaired) electrons. The van der Waals surface area contributed by atoms with Crippen LogP contribution in [0, 0.1) is 13.8 Å². The van der Waals surface area contributed by atoms with E-state index in [1.54, 1.807) is 24.3 Å². The van der Waals surface area contributed by atoms with Gasteiger partial charge in [0.25, 0.3) is 5.91 Å². The molecule has 0 saturated heterocycles. The van der Waals surface area contributed by atoms with Crippen LogP contribution in [0.4, 0.5) is 11.4 Å². The maximum Gasteiger partial charge on any atom is 0.272 e. The normalized spacial score (nSPS) is 10.9. The van der Waals surface area contributed by atoms with Crippen LogP contribution in [0.3, 0.4) is 0 Å². The monoisotopic (exact) mass is 365 g/mol. The lowest BCUT2D eigenvalue weighted by Crippen LogP contribution is -2.29. The second-order valence-corrected chi connectivity index (χ2v) is 6.26. The van der Waals surface area contributed by atoms with Crippen molar-refractivity contribution in [2.24, 2.45) is 0 Å².